The zero-order valence-electron chi connectivity index (χ0n) is 11.2. The number of likely N-dealkylation sites (tertiary alicyclic amines) is 1. The highest BCUT2D eigenvalue weighted by atomic mass is 79.9. The molecule has 1 amide bonds. The molecule has 104 valence electrons. The third-order valence-electron chi connectivity index (χ3n) is 3.72. The normalized spacial score (nSPS) is 17.5. The third-order valence-corrected chi connectivity index (χ3v) is 4.33. The molecular formula is C14H18BrFN2O. The van der Waals surface area contributed by atoms with Crippen LogP contribution >= 0.6 is 15.9 Å². The molecule has 0 radical (unpaired) electrons. The van der Waals surface area contributed by atoms with E-state index < -0.39 is 0 Å². The maximum absolute atomic E-state index is 13.2. The quantitative estimate of drug-likeness (QED) is 0.833. The molecule has 0 spiro atoms. The number of amides is 1. The second-order valence-corrected chi connectivity index (χ2v) is 5.93. The summed E-state index contributed by atoms with van der Waals surface area (Å²) in [7, 11) is 3.92. The highest BCUT2D eigenvalue weighted by Crippen LogP contribution is 2.20. The number of hydrogen-bond acceptors (Lipinski definition) is 2. The predicted octanol–water partition coefficient (Wildman–Crippen LogP) is 2.75. The Morgan fingerprint density at radius 3 is 2.63 bits per heavy atom. The number of rotatable bonds is 2. The van der Waals surface area contributed by atoms with E-state index in [1.54, 1.807) is 11.0 Å². The molecule has 0 saturated carbocycles. The molecule has 5 heteroatoms. The van der Waals surface area contributed by atoms with Crippen LogP contribution in [0.3, 0.4) is 0 Å². The molecule has 1 heterocycles. The number of hydrogen-bond donors (Lipinski definition) is 0. The standard InChI is InChI=1S/C14H18BrFN2O/c1-17-7-5-11(6-8-17)18(2)14(19)10-3-4-13(16)12(15)9-10/h3-4,9,11H,5-8H2,1-2H3. The number of nitrogens with zero attached hydrogens (tertiary/aromatic N) is 2. The zero-order chi connectivity index (χ0) is 14.0. The molecule has 0 unspecified atom stereocenters. The van der Waals surface area contributed by atoms with Gasteiger partial charge < -0.3 is 9.80 Å². The van der Waals surface area contributed by atoms with Gasteiger partial charge in [-0.3, -0.25) is 4.79 Å². The van der Waals surface area contributed by atoms with E-state index in [2.05, 4.69) is 27.9 Å². The van der Waals surface area contributed by atoms with Crippen LogP contribution in [0.15, 0.2) is 22.7 Å². The Morgan fingerprint density at radius 1 is 1.42 bits per heavy atom. The average Bonchev–Trinajstić information content (AvgIpc) is 2.41. The minimum Gasteiger partial charge on any atom is -0.339 e. The second-order valence-electron chi connectivity index (χ2n) is 5.08. The molecule has 2 rings (SSSR count). The maximum Gasteiger partial charge on any atom is 0.253 e. The second kappa shape index (κ2) is 6.01. The van der Waals surface area contributed by atoms with Gasteiger partial charge in [0.05, 0.1) is 4.47 Å². The molecule has 19 heavy (non-hydrogen) atoms. The summed E-state index contributed by atoms with van der Waals surface area (Å²) >= 11 is 3.11. The van der Waals surface area contributed by atoms with Crippen LogP contribution in [0.1, 0.15) is 23.2 Å². The van der Waals surface area contributed by atoms with E-state index in [0.717, 1.165) is 25.9 Å². The van der Waals surface area contributed by atoms with E-state index in [1.165, 1.54) is 12.1 Å². The van der Waals surface area contributed by atoms with Crippen molar-refractivity contribution in [3.63, 3.8) is 0 Å². The lowest BCUT2D eigenvalue weighted by atomic mass is 10.0. The Labute approximate surface area is 121 Å². The van der Waals surface area contributed by atoms with Crippen molar-refractivity contribution in [3.8, 4) is 0 Å². The first-order valence-electron chi connectivity index (χ1n) is 6.40. The minimum atomic E-state index is -0.349. The van der Waals surface area contributed by atoms with Gasteiger partial charge >= 0.3 is 0 Å². The molecule has 1 aromatic rings. The summed E-state index contributed by atoms with van der Waals surface area (Å²) in [5.74, 6) is -0.395. The molecule has 1 aromatic carbocycles. The van der Waals surface area contributed by atoms with Gasteiger partial charge in [-0.05, 0) is 67.1 Å². The molecule has 1 saturated heterocycles. The van der Waals surface area contributed by atoms with E-state index >= 15 is 0 Å². The fraction of sp³-hybridized carbons (Fsp3) is 0.500. The Bertz CT molecular complexity index is 473. The summed E-state index contributed by atoms with van der Waals surface area (Å²) in [4.78, 5) is 16.4. The van der Waals surface area contributed by atoms with Gasteiger partial charge in [0, 0.05) is 18.7 Å². The lowest BCUT2D eigenvalue weighted by molar-refractivity contribution is 0.0659. The molecule has 1 fully saturated rings. The van der Waals surface area contributed by atoms with Crippen molar-refractivity contribution in [2.45, 2.75) is 18.9 Å². The van der Waals surface area contributed by atoms with E-state index in [0.29, 0.717) is 10.0 Å². The molecule has 3 nitrogen and oxygen atoms in total. The van der Waals surface area contributed by atoms with E-state index in [9.17, 15) is 9.18 Å². The number of benzene rings is 1. The third kappa shape index (κ3) is 3.34. The van der Waals surface area contributed by atoms with Gasteiger partial charge in [-0.2, -0.15) is 0 Å². The van der Waals surface area contributed by atoms with Crippen molar-refractivity contribution in [2.24, 2.45) is 0 Å². The molecule has 1 aliphatic rings. The molecule has 0 bridgehead atoms. The van der Waals surface area contributed by atoms with Crippen LogP contribution in [-0.2, 0) is 0 Å². The summed E-state index contributed by atoms with van der Waals surface area (Å²) in [6, 6.07) is 4.67. The Hall–Kier alpha value is -0.940. The lowest BCUT2D eigenvalue weighted by Gasteiger charge is -2.35. The zero-order valence-corrected chi connectivity index (χ0v) is 12.8. The highest BCUT2D eigenvalue weighted by Gasteiger charge is 2.24. The Balaban J connectivity index is 2.08. The van der Waals surface area contributed by atoms with Crippen molar-refractivity contribution < 1.29 is 9.18 Å². The molecule has 1 aliphatic heterocycles. The minimum absolute atomic E-state index is 0.0461. The summed E-state index contributed by atoms with van der Waals surface area (Å²) in [5.41, 5.74) is 0.523. The fourth-order valence-electron chi connectivity index (χ4n) is 2.38. The number of halogens is 2. The van der Waals surface area contributed by atoms with Gasteiger partial charge in [0.1, 0.15) is 5.82 Å². The summed E-state index contributed by atoms with van der Waals surface area (Å²) in [6.45, 7) is 2.02. The topological polar surface area (TPSA) is 23.6 Å². The summed E-state index contributed by atoms with van der Waals surface area (Å²) < 4.78 is 13.5. The van der Waals surface area contributed by atoms with E-state index in [-0.39, 0.29) is 17.8 Å². The van der Waals surface area contributed by atoms with Crippen LogP contribution in [0, 0.1) is 5.82 Å². The summed E-state index contributed by atoms with van der Waals surface area (Å²) in [6.07, 6.45) is 1.97. The first kappa shape index (κ1) is 14.5. The van der Waals surface area contributed by atoms with E-state index in [4.69, 9.17) is 0 Å². The molecule has 0 aromatic heterocycles. The smallest absolute Gasteiger partial charge is 0.253 e. The van der Waals surface area contributed by atoms with Crippen molar-refractivity contribution in [1.82, 2.24) is 9.80 Å². The Morgan fingerprint density at radius 2 is 2.05 bits per heavy atom. The van der Waals surface area contributed by atoms with Gasteiger partial charge in [0.15, 0.2) is 0 Å². The van der Waals surface area contributed by atoms with Gasteiger partial charge in [0.2, 0.25) is 0 Å². The SMILES string of the molecule is CN1CCC(N(C)C(=O)c2ccc(F)c(Br)c2)CC1. The monoisotopic (exact) mass is 328 g/mol. The number of piperidine rings is 1. The molecular weight excluding hydrogens is 311 g/mol. The first-order valence-corrected chi connectivity index (χ1v) is 7.19. The maximum atomic E-state index is 13.2. The fourth-order valence-corrected chi connectivity index (χ4v) is 2.76. The van der Waals surface area contributed by atoms with Crippen LogP contribution in [0.2, 0.25) is 0 Å². The van der Waals surface area contributed by atoms with Crippen molar-refractivity contribution >= 4 is 21.8 Å². The molecule has 0 aliphatic carbocycles. The van der Waals surface area contributed by atoms with Crippen LogP contribution in [-0.4, -0.2) is 48.9 Å². The largest absolute Gasteiger partial charge is 0.339 e. The predicted molar refractivity (Wildman–Crippen MR) is 76.7 cm³/mol. The van der Waals surface area contributed by atoms with Crippen LogP contribution < -0.4 is 0 Å². The van der Waals surface area contributed by atoms with Gasteiger partial charge in [-0.15, -0.1) is 0 Å². The van der Waals surface area contributed by atoms with Crippen LogP contribution in [0.5, 0.6) is 0 Å². The lowest BCUT2D eigenvalue weighted by Crippen LogP contribution is -2.44. The van der Waals surface area contributed by atoms with Crippen LogP contribution in [0.4, 0.5) is 4.39 Å². The Kier molecular flexibility index (Phi) is 4.58. The molecule has 0 N–H and O–H groups in total. The van der Waals surface area contributed by atoms with Crippen molar-refractivity contribution in [3.05, 3.63) is 34.1 Å². The van der Waals surface area contributed by atoms with Crippen molar-refractivity contribution in [1.29, 1.82) is 0 Å². The van der Waals surface area contributed by atoms with Crippen molar-refractivity contribution in [2.75, 3.05) is 27.2 Å². The van der Waals surface area contributed by atoms with Crippen LogP contribution in [0.25, 0.3) is 0 Å². The highest BCUT2D eigenvalue weighted by molar-refractivity contribution is 9.10. The van der Waals surface area contributed by atoms with Gasteiger partial charge in [-0.1, -0.05) is 0 Å². The number of carbonyl (C=O) groups is 1. The molecule has 0 atom stereocenters. The average molecular weight is 329 g/mol. The summed E-state index contributed by atoms with van der Waals surface area (Å²) in [5, 5.41) is 0. The number of carbonyl (C=O) groups excluding carboxylic acids is 1. The van der Waals surface area contributed by atoms with E-state index in [1.807, 2.05) is 7.05 Å². The first-order chi connectivity index (χ1) is 8.99. The van der Waals surface area contributed by atoms with Gasteiger partial charge in [-0.25, -0.2) is 4.39 Å². The van der Waals surface area contributed by atoms with Gasteiger partial charge in [0.25, 0.3) is 5.91 Å².